The zero-order valence-electron chi connectivity index (χ0n) is 50.9. The van der Waals surface area contributed by atoms with Crippen LogP contribution in [0, 0.1) is 24.1 Å². The van der Waals surface area contributed by atoms with Gasteiger partial charge in [0.25, 0.3) is 5.56 Å². The minimum atomic E-state index is -2.05. The smallest absolute Gasteiger partial charge is 0.343 e. The number of nitrogens with zero attached hydrogens (tertiary/aromatic N) is 3. The largest absolute Gasteiger partial charge is 0.458 e. The van der Waals surface area contributed by atoms with Gasteiger partial charge in [0.2, 0.25) is 53.2 Å². The Morgan fingerprint density at radius 1 is 0.798 bits per heavy atom. The summed E-state index contributed by atoms with van der Waals surface area (Å²) in [4.78, 5) is 149. The molecule has 25 nitrogen and oxygen atoms in total. The number of carbonyl (C=O) groups is 10. The van der Waals surface area contributed by atoms with Crippen LogP contribution in [0.1, 0.15) is 130 Å². The summed E-state index contributed by atoms with van der Waals surface area (Å²) in [5.41, 5.74) is 1.82. The van der Waals surface area contributed by atoms with E-state index in [0.717, 1.165) is 18.4 Å². The van der Waals surface area contributed by atoms with E-state index in [4.69, 9.17) is 19.2 Å². The highest BCUT2D eigenvalue weighted by Gasteiger charge is 2.48. The molecule has 0 spiro atoms. The fraction of sp³-hybridized carbons (Fsp3) is 0.524. The third-order valence-electron chi connectivity index (χ3n) is 17.5. The highest BCUT2D eigenvalue weighted by Crippen LogP contribution is 2.46. The first-order chi connectivity index (χ1) is 42.6. The number of esters is 1. The van der Waals surface area contributed by atoms with E-state index < -0.39 is 84.2 Å². The Labute approximate surface area is 513 Å². The molecule has 3 aliphatic heterocycles. The topological polar surface area (TPSA) is 341 Å². The van der Waals surface area contributed by atoms with Gasteiger partial charge in [-0.25, -0.2) is 14.2 Å². The predicted molar refractivity (Wildman–Crippen MR) is 319 cm³/mol. The van der Waals surface area contributed by atoms with E-state index in [2.05, 4.69) is 37.2 Å². The summed E-state index contributed by atoms with van der Waals surface area (Å²) in [5.74, 6) is -5.95. The molecule has 2 unspecified atom stereocenters. The van der Waals surface area contributed by atoms with Gasteiger partial charge >= 0.3 is 5.97 Å². The second-order valence-corrected chi connectivity index (χ2v) is 23.1. The highest BCUT2D eigenvalue weighted by molar-refractivity contribution is 6.04. The lowest BCUT2D eigenvalue weighted by atomic mass is 9.72. The summed E-state index contributed by atoms with van der Waals surface area (Å²) in [6, 6.07) is 10.00. The van der Waals surface area contributed by atoms with Crippen molar-refractivity contribution in [3.05, 3.63) is 97.6 Å². The number of halogens is 1. The van der Waals surface area contributed by atoms with Crippen molar-refractivity contribution in [1.29, 1.82) is 0 Å². The Morgan fingerprint density at radius 2 is 1.47 bits per heavy atom. The number of aliphatic hydroxyl groups is 1. The molecule has 0 radical (unpaired) electrons. The molecule has 1 aliphatic carbocycles. The molecule has 1 saturated heterocycles. The number of nitrogens with one attached hydrogen (secondary N) is 7. The zero-order valence-corrected chi connectivity index (χ0v) is 50.9. The van der Waals surface area contributed by atoms with Crippen molar-refractivity contribution >= 4 is 70.0 Å². The van der Waals surface area contributed by atoms with Crippen molar-refractivity contribution in [2.24, 2.45) is 11.3 Å². The number of likely N-dealkylation sites (tertiary alicyclic amines) is 1. The van der Waals surface area contributed by atoms with Crippen LogP contribution in [-0.4, -0.2) is 150 Å². The molecule has 0 bridgehead atoms. The summed E-state index contributed by atoms with van der Waals surface area (Å²) >= 11 is 0. The first-order valence-corrected chi connectivity index (χ1v) is 30.4. The number of imide groups is 1. The maximum absolute atomic E-state index is 15.4. The lowest BCUT2D eigenvalue weighted by molar-refractivity contribution is -0.172. The Hall–Kier alpha value is -8.49. The Kier molecular flexibility index (Phi) is 22.2. The van der Waals surface area contributed by atoms with Crippen LogP contribution < -0.4 is 42.8 Å². The number of cyclic esters (lactones) is 1. The van der Waals surface area contributed by atoms with Gasteiger partial charge < -0.3 is 61.1 Å². The molecule has 4 aromatic rings. The number of aromatic nitrogens is 2. The van der Waals surface area contributed by atoms with Crippen molar-refractivity contribution in [2.75, 3.05) is 65.7 Å². The van der Waals surface area contributed by atoms with Gasteiger partial charge in [-0.05, 0) is 79.2 Å². The van der Waals surface area contributed by atoms with Crippen LogP contribution in [0.4, 0.5) is 4.39 Å². The maximum atomic E-state index is 15.4. The molecule has 0 saturated carbocycles. The number of hydrogen-bond donors (Lipinski definition) is 8. The van der Waals surface area contributed by atoms with Crippen LogP contribution in [0.2, 0.25) is 0 Å². The summed E-state index contributed by atoms with van der Waals surface area (Å²) in [6.45, 7) is 8.49. The standard InChI is InChI=1S/C63H79FN10O15/c1-6-62(5,7-2)42-29-54(81)73(60(42)84)22-18-48(75)66-21-24-88-26-25-87-23-19-49(76)67-31-52(79)68-33-53(80)71-46(27-37-13-10-9-11-14-37)58(82)69-32-51(78)65-20-12-15-50(77)70-44-17-16-38-36(4)43(64)30-45-55(38)56(44)39-34-74-47(57(39)72-45)28-41-40(59(74)83)35-89-61(85)63(41,86)8-3/h9-11,13-14,28,30,42,44,46,86H,6-8,12,15-27,29,31-35H2,1-5H3,(H,65,78)(H,66,75)(H,67,76)(H,68,79)(H,69,82)(H,70,77)(H,71,80)/t42?,44-,46?,63-/m0/s1. The number of carbonyl (C=O) groups excluding carboxylic acids is 10. The van der Waals surface area contributed by atoms with E-state index in [1.807, 2.05) is 20.8 Å². The van der Waals surface area contributed by atoms with Crippen LogP contribution in [-0.2, 0) is 93.8 Å². The molecule has 5 heterocycles. The number of amides is 9. The van der Waals surface area contributed by atoms with Gasteiger partial charge in [0.15, 0.2) is 5.60 Å². The minimum Gasteiger partial charge on any atom is -0.458 e. The van der Waals surface area contributed by atoms with Gasteiger partial charge in [-0.3, -0.25) is 52.8 Å². The van der Waals surface area contributed by atoms with Crippen molar-refractivity contribution in [3.63, 3.8) is 0 Å². The van der Waals surface area contributed by atoms with Crippen LogP contribution in [0.25, 0.3) is 22.3 Å². The van der Waals surface area contributed by atoms with Crippen LogP contribution in [0.3, 0.4) is 0 Å². The first-order valence-electron chi connectivity index (χ1n) is 30.4. The van der Waals surface area contributed by atoms with Gasteiger partial charge in [0.1, 0.15) is 18.5 Å². The van der Waals surface area contributed by atoms with E-state index in [-0.39, 0.29) is 150 Å². The fourth-order valence-electron chi connectivity index (χ4n) is 11.9. The number of hydrogen-bond acceptors (Lipinski definition) is 16. The Morgan fingerprint density at radius 3 is 2.20 bits per heavy atom. The average Bonchev–Trinajstić information content (AvgIpc) is 1.63. The van der Waals surface area contributed by atoms with Crippen LogP contribution in [0.15, 0.2) is 47.3 Å². The molecule has 9 amide bonds. The predicted octanol–water partition coefficient (Wildman–Crippen LogP) is 1.73. The van der Waals surface area contributed by atoms with E-state index in [9.17, 15) is 57.8 Å². The van der Waals surface area contributed by atoms with Crippen LogP contribution in [0.5, 0.6) is 0 Å². The Bertz CT molecular complexity index is 3460. The first kappa shape index (κ1) is 66.5. The number of fused-ring (bicyclic) bond motifs is 5. The van der Waals surface area contributed by atoms with Crippen molar-refractivity contribution in [2.45, 2.75) is 136 Å². The molecule has 26 heteroatoms. The van der Waals surface area contributed by atoms with Gasteiger partial charge in [0, 0.05) is 74.3 Å². The van der Waals surface area contributed by atoms with E-state index in [0.29, 0.717) is 57.4 Å². The third-order valence-corrected chi connectivity index (χ3v) is 17.5. The summed E-state index contributed by atoms with van der Waals surface area (Å²) < 4.78 is 33.0. The quantitative estimate of drug-likeness (QED) is 0.0178. The molecule has 1 fully saturated rings. The van der Waals surface area contributed by atoms with Crippen molar-refractivity contribution in [1.82, 2.24) is 51.7 Å². The van der Waals surface area contributed by atoms with Gasteiger partial charge in [-0.2, -0.15) is 0 Å². The summed E-state index contributed by atoms with van der Waals surface area (Å²) in [7, 11) is 0. The number of pyridine rings is 2. The Balaban J connectivity index is 0.716. The number of rotatable bonds is 31. The second-order valence-electron chi connectivity index (χ2n) is 23.1. The van der Waals surface area contributed by atoms with E-state index in [1.165, 1.54) is 15.5 Å². The van der Waals surface area contributed by atoms with Gasteiger partial charge in [-0.15, -0.1) is 0 Å². The third kappa shape index (κ3) is 15.5. The van der Waals surface area contributed by atoms with Crippen molar-refractivity contribution < 1.29 is 71.7 Å². The monoisotopic (exact) mass is 1230 g/mol. The van der Waals surface area contributed by atoms with E-state index in [1.54, 1.807) is 50.2 Å². The molecule has 478 valence electrons. The molecular weight excluding hydrogens is 1160 g/mol. The fourth-order valence-corrected chi connectivity index (χ4v) is 11.9. The average molecular weight is 1240 g/mol. The molecule has 89 heavy (non-hydrogen) atoms. The lowest BCUT2D eigenvalue weighted by Gasteiger charge is -2.31. The molecule has 2 aromatic carbocycles. The molecule has 8 rings (SSSR count). The normalized spacial score (nSPS) is 17.7. The molecule has 4 aliphatic rings. The zero-order chi connectivity index (χ0) is 64.2. The van der Waals surface area contributed by atoms with E-state index >= 15 is 4.39 Å². The molecule has 8 N–H and O–H groups in total. The number of benzene rings is 2. The van der Waals surface area contributed by atoms with Crippen molar-refractivity contribution in [3.8, 4) is 11.4 Å². The summed E-state index contributed by atoms with van der Waals surface area (Å²) in [6.07, 6.45) is 2.68. The lowest BCUT2D eigenvalue weighted by Crippen LogP contribution is -2.52. The molecule has 4 atom stereocenters. The second kappa shape index (κ2) is 29.7. The number of aryl methyl sites for hydroxylation is 1. The molecular formula is C63H79FN10O15. The maximum Gasteiger partial charge on any atom is 0.343 e. The van der Waals surface area contributed by atoms with Gasteiger partial charge in [-0.1, -0.05) is 58.0 Å². The molecule has 2 aromatic heterocycles. The minimum absolute atomic E-state index is 0.00324. The highest BCUT2D eigenvalue weighted by atomic mass is 19.1. The van der Waals surface area contributed by atoms with Gasteiger partial charge in [0.05, 0.1) is 87.0 Å². The SMILES string of the molecule is CCC(C)(CC)C1CC(=O)N(CCC(=O)NCCOCCOCCC(=O)NCC(=O)NCC(=O)NC(Cc2ccccc2)C(=O)NCC(=O)NCCCC(=O)N[C@H]2CCc3c(C)c(F)cc4nc5c(c2c34)Cn2c-5cc3c(c2=O)COC(=O)[C@]3(O)CC)C1=O. The van der Waals surface area contributed by atoms with Crippen LogP contribution >= 0.6 is 0 Å². The number of ether oxygens (including phenoxy) is 3. The summed E-state index contributed by atoms with van der Waals surface area (Å²) in [5, 5.41) is 30.6.